The molecule has 0 aromatic heterocycles. The summed E-state index contributed by atoms with van der Waals surface area (Å²) >= 11 is 0. The summed E-state index contributed by atoms with van der Waals surface area (Å²) in [4.78, 5) is 2.36. The van der Waals surface area contributed by atoms with Crippen molar-refractivity contribution < 1.29 is 4.74 Å². The number of hydrogen-bond acceptors (Lipinski definition) is 2. The van der Waals surface area contributed by atoms with Crippen LogP contribution in [-0.4, -0.2) is 25.0 Å². The molecule has 0 spiro atoms. The van der Waals surface area contributed by atoms with Gasteiger partial charge in [-0.05, 0) is 72.8 Å². The van der Waals surface area contributed by atoms with E-state index >= 15 is 0 Å². The van der Waals surface area contributed by atoms with Gasteiger partial charge in [0.1, 0.15) is 12.4 Å². The highest BCUT2D eigenvalue weighted by Gasteiger charge is 2.27. The van der Waals surface area contributed by atoms with Crippen molar-refractivity contribution in [2.75, 3.05) is 14.1 Å². The molecule has 4 rings (SSSR count). The number of hydrogen-bond donors (Lipinski definition) is 0. The van der Waals surface area contributed by atoms with Gasteiger partial charge in [-0.2, -0.15) is 0 Å². The first-order chi connectivity index (χ1) is 13.6. The fraction of sp³-hybridized carbons (Fsp3) is 0.308. The van der Waals surface area contributed by atoms with Crippen LogP contribution in [-0.2, 0) is 13.0 Å². The molecule has 0 aliphatic heterocycles. The molecule has 0 amide bonds. The Morgan fingerprint density at radius 3 is 2.41 bits per heavy atom. The van der Waals surface area contributed by atoms with Gasteiger partial charge in [0.15, 0.2) is 0 Å². The largest absolute Gasteiger partial charge is 0.489 e. The zero-order valence-electron chi connectivity index (χ0n) is 17.5. The molecule has 1 aliphatic rings. The van der Waals surface area contributed by atoms with Gasteiger partial charge < -0.3 is 9.64 Å². The first-order valence-electron chi connectivity index (χ1n) is 10.2. The number of likely N-dealkylation sites (N-methyl/N-ethyl adjacent to an activating group) is 1. The second-order valence-corrected chi connectivity index (χ2v) is 8.03. The van der Waals surface area contributed by atoms with Gasteiger partial charge in [-0.15, -0.1) is 12.4 Å². The summed E-state index contributed by atoms with van der Waals surface area (Å²) in [5.74, 6) is 1.53. The van der Waals surface area contributed by atoms with Gasteiger partial charge >= 0.3 is 0 Å². The van der Waals surface area contributed by atoms with Crippen molar-refractivity contribution in [1.82, 2.24) is 4.90 Å². The van der Waals surface area contributed by atoms with Gasteiger partial charge in [-0.25, -0.2) is 0 Å². The van der Waals surface area contributed by atoms with Crippen molar-refractivity contribution in [1.29, 1.82) is 0 Å². The quantitative estimate of drug-likeness (QED) is 0.489. The van der Waals surface area contributed by atoms with Crippen LogP contribution in [0.15, 0.2) is 72.8 Å². The number of nitrogens with zero attached hydrogens (tertiary/aromatic N) is 1. The number of aryl methyl sites for hydroxylation is 1. The maximum Gasteiger partial charge on any atom is 0.120 e. The minimum atomic E-state index is 0. The average molecular weight is 408 g/mol. The molecule has 0 heterocycles. The fourth-order valence-electron chi connectivity index (χ4n) is 4.51. The summed E-state index contributed by atoms with van der Waals surface area (Å²) in [6.45, 7) is 2.93. The minimum absolute atomic E-state index is 0. The van der Waals surface area contributed by atoms with Crippen molar-refractivity contribution in [3.8, 4) is 16.9 Å². The Morgan fingerprint density at radius 2 is 1.66 bits per heavy atom. The van der Waals surface area contributed by atoms with Crippen molar-refractivity contribution in [3.05, 3.63) is 89.5 Å². The highest BCUT2D eigenvalue weighted by molar-refractivity contribution is 5.85. The summed E-state index contributed by atoms with van der Waals surface area (Å²) in [6.07, 6.45) is 2.34. The van der Waals surface area contributed by atoms with Crippen molar-refractivity contribution in [3.63, 3.8) is 0 Å². The fourth-order valence-corrected chi connectivity index (χ4v) is 4.51. The SMILES string of the molecule is CC1c2ccc(OCc3ccccc3-c3ccccc3)cc2CCC1N(C)C.Cl. The highest BCUT2D eigenvalue weighted by Crippen LogP contribution is 2.35. The molecule has 0 saturated carbocycles. The van der Waals surface area contributed by atoms with Crippen LogP contribution < -0.4 is 4.74 Å². The van der Waals surface area contributed by atoms with E-state index in [1.165, 1.54) is 34.2 Å². The van der Waals surface area contributed by atoms with E-state index in [-0.39, 0.29) is 12.4 Å². The molecule has 0 fully saturated rings. The Bertz CT molecular complexity index is 938. The van der Waals surface area contributed by atoms with Gasteiger partial charge in [0, 0.05) is 6.04 Å². The van der Waals surface area contributed by atoms with Gasteiger partial charge in [-0.1, -0.05) is 67.6 Å². The van der Waals surface area contributed by atoms with Crippen LogP contribution in [0, 0.1) is 0 Å². The van der Waals surface area contributed by atoms with Crippen LogP contribution in [0.3, 0.4) is 0 Å². The summed E-state index contributed by atoms with van der Waals surface area (Å²) in [7, 11) is 4.38. The average Bonchev–Trinajstić information content (AvgIpc) is 2.73. The van der Waals surface area contributed by atoms with Crippen LogP contribution in [0.4, 0.5) is 0 Å². The standard InChI is InChI=1S/C26H29NO.ClH/c1-19-24-15-14-23(17-21(24)13-16-26(19)27(2)3)28-18-22-11-7-8-12-25(22)20-9-5-4-6-10-20;/h4-12,14-15,17,19,26H,13,16,18H2,1-3H3;1H. The molecular weight excluding hydrogens is 378 g/mol. The second kappa shape index (κ2) is 9.47. The maximum atomic E-state index is 6.22. The van der Waals surface area contributed by atoms with Crippen molar-refractivity contribution in [2.24, 2.45) is 0 Å². The molecule has 3 aromatic rings. The molecule has 3 heteroatoms. The van der Waals surface area contributed by atoms with E-state index in [9.17, 15) is 0 Å². The Labute approximate surface area is 180 Å². The Hall–Kier alpha value is -2.29. The Kier molecular flexibility index (Phi) is 7.00. The lowest BCUT2D eigenvalue weighted by Gasteiger charge is -2.35. The van der Waals surface area contributed by atoms with Crippen LogP contribution in [0.2, 0.25) is 0 Å². The topological polar surface area (TPSA) is 12.5 Å². The zero-order valence-corrected chi connectivity index (χ0v) is 18.3. The third-order valence-electron chi connectivity index (χ3n) is 6.05. The number of rotatable bonds is 5. The van der Waals surface area contributed by atoms with Gasteiger partial charge in [-0.3, -0.25) is 0 Å². The monoisotopic (exact) mass is 407 g/mol. The van der Waals surface area contributed by atoms with E-state index in [4.69, 9.17) is 4.74 Å². The van der Waals surface area contributed by atoms with Crippen molar-refractivity contribution >= 4 is 12.4 Å². The molecule has 0 saturated heterocycles. The van der Waals surface area contributed by atoms with Crippen molar-refractivity contribution in [2.45, 2.75) is 38.3 Å². The zero-order chi connectivity index (χ0) is 19.5. The summed E-state index contributed by atoms with van der Waals surface area (Å²) < 4.78 is 6.22. The molecule has 0 radical (unpaired) electrons. The van der Waals surface area contributed by atoms with Gasteiger partial charge in [0.25, 0.3) is 0 Å². The van der Waals surface area contributed by atoms with E-state index in [1.807, 2.05) is 0 Å². The molecule has 2 nitrogen and oxygen atoms in total. The molecule has 3 aromatic carbocycles. The highest BCUT2D eigenvalue weighted by atomic mass is 35.5. The van der Waals surface area contributed by atoms with Gasteiger partial charge in [0.05, 0.1) is 0 Å². The maximum absolute atomic E-state index is 6.22. The predicted molar refractivity (Wildman–Crippen MR) is 124 cm³/mol. The van der Waals surface area contributed by atoms with E-state index < -0.39 is 0 Å². The summed E-state index contributed by atoms with van der Waals surface area (Å²) in [6, 6.07) is 26.3. The number of benzene rings is 3. The summed E-state index contributed by atoms with van der Waals surface area (Å²) in [5.41, 5.74) is 6.60. The lowest BCUT2D eigenvalue weighted by molar-refractivity contribution is 0.236. The molecule has 152 valence electrons. The lowest BCUT2D eigenvalue weighted by atomic mass is 9.80. The summed E-state index contributed by atoms with van der Waals surface area (Å²) in [5, 5.41) is 0. The van der Waals surface area contributed by atoms with E-state index in [2.05, 4.69) is 98.7 Å². The number of halogens is 1. The third-order valence-corrected chi connectivity index (χ3v) is 6.05. The third kappa shape index (κ3) is 4.66. The first-order valence-corrected chi connectivity index (χ1v) is 10.2. The van der Waals surface area contributed by atoms with Crippen LogP contribution >= 0.6 is 12.4 Å². The normalized spacial score (nSPS) is 18.1. The molecule has 0 N–H and O–H groups in total. The molecule has 2 unspecified atom stereocenters. The van der Waals surface area contributed by atoms with E-state index in [1.54, 1.807) is 0 Å². The van der Waals surface area contributed by atoms with E-state index in [0.29, 0.717) is 18.6 Å². The second-order valence-electron chi connectivity index (χ2n) is 8.03. The van der Waals surface area contributed by atoms with Gasteiger partial charge in [0.2, 0.25) is 0 Å². The van der Waals surface area contributed by atoms with E-state index in [0.717, 1.165) is 12.2 Å². The number of ether oxygens (including phenoxy) is 1. The first kappa shape index (κ1) is 21.4. The molecule has 1 aliphatic carbocycles. The predicted octanol–water partition coefficient (Wildman–Crippen LogP) is 6.33. The Morgan fingerprint density at radius 1 is 0.931 bits per heavy atom. The number of fused-ring (bicyclic) bond motifs is 1. The molecule has 2 atom stereocenters. The molecule has 29 heavy (non-hydrogen) atoms. The minimum Gasteiger partial charge on any atom is -0.489 e. The Balaban J connectivity index is 0.00000240. The smallest absolute Gasteiger partial charge is 0.120 e. The van der Waals surface area contributed by atoms with Crippen LogP contribution in [0.5, 0.6) is 5.75 Å². The molecular formula is C26H30ClNO. The van der Waals surface area contributed by atoms with Crippen LogP contribution in [0.25, 0.3) is 11.1 Å². The molecule has 0 bridgehead atoms. The lowest BCUT2D eigenvalue weighted by Crippen LogP contribution is -2.36. The van der Waals surface area contributed by atoms with Crippen LogP contribution in [0.1, 0.15) is 36.0 Å².